The third-order valence-electron chi connectivity index (χ3n) is 1.83. The number of carbonyl (C=O) groups is 2. The summed E-state index contributed by atoms with van der Waals surface area (Å²) in [6, 6.07) is -0.414. The zero-order valence-corrected chi connectivity index (χ0v) is 8.80. The number of amides is 2. The minimum Gasteiger partial charge on any atom is -0.368 e. The number of rotatable bonds is 7. The molecule has 2 amide bonds. The van der Waals surface area contributed by atoms with Gasteiger partial charge in [0, 0.05) is 6.54 Å². The van der Waals surface area contributed by atoms with E-state index in [-0.39, 0.29) is 12.5 Å². The van der Waals surface area contributed by atoms with Crippen LogP contribution in [0.4, 0.5) is 0 Å². The molecule has 0 aromatic carbocycles. The van der Waals surface area contributed by atoms with Gasteiger partial charge in [-0.15, -0.1) is 0 Å². The molecule has 0 bridgehead atoms. The van der Waals surface area contributed by atoms with Crippen molar-refractivity contribution in [3.05, 3.63) is 0 Å². The Labute approximate surface area is 84.4 Å². The molecule has 0 aliphatic heterocycles. The highest BCUT2D eigenvalue weighted by molar-refractivity contribution is 5.82. The van der Waals surface area contributed by atoms with E-state index in [0.717, 1.165) is 6.42 Å². The van der Waals surface area contributed by atoms with Crippen molar-refractivity contribution in [2.75, 3.05) is 13.1 Å². The summed E-state index contributed by atoms with van der Waals surface area (Å²) in [6.45, 7) is 4.62. The van der Waals surface area contributed by atoms with E-state index in [1.807, 2.05) is 13.8 Å². The average molecular weight is 201 g/mol. The van der Waals surface area contributed by atoms with Crippen LogP contribution in [0.2, 0.25) is 0 Å². The highest BCUT2D eigenvalue weighted by Gasteiger charge is 2.12. The fourth-order valence-corrected chi connectivity index (χ4v) is 0.989. The third-order valence-corrected chi connectivity index (χ3v) is 1.83. The van der Waals surface area contributed by atoms with Gasteiger partial charge < -0.3 is 11.1 Å². The fourth-order valence-electron chi connectivity index (χ4n) is 0.989. The molecule has 0 rings (SSSR count). The lowest BCUT2D eigenvalue weighted by molar-refractivity contribution is -0.121. The first kappa shape index (κ1) is 12.9. The maximum absolute atomic E-state index is 11.1. The molecule has 0 radical (unpaired) electrons. The molecule has 0 spiro atoms. The highest BCUT2D eigenvalue weighted by Crippen LogP contribution is 1.87. The number of carbonyl (C=O) groups excluding carboxylic acids is 2. The Bertz CT molecular complexity index is 194. The molecule has 4 N–H and O–H groups in total. The molecule has 0 aliphatic rings. The van der Waals surface area contributed by atoms with Crippen LogP contribution in [0.5, 0.6) is 0 Å². The van der Waals surface area contributed by atoms with Crippen LogP contribution in [-0.2, 0) is 9.59 Å². The van der Waals surface area contributed by atoms with Gasteiger partial charge in [-0.3, -0.25) is 14.9 Å². The Balaban J connectivity index is 3.68. The molecular formula is C9H19N3O2. The van der Waals surface area contributed by atoms with Gasteiger partial charge in [-0.1, -0.05) is 13.8 Å². The van der Waals surface area contributed by atoms with E-state index in [0.29, 0.717) is 13.0 Å². The van der Waals surface area contributed by atoms with Crippen LogP contribution >= 0.6 is 0 Å². The molecule has 82 valence electrons. The SMILES string of the molecule is CCCNC(=O)CNC(CC)C(N)=O. The van der Waals surface area contributed by atoms with Crippen molar-refractivity contribution in [1.29, 1.82) is 0 Å². The van der Waals surface area contributed by atoms with E-state index in [1.54, 1.807) is 0 Å². The van der Waals surface area contributed by atoms with Gasteiger partial charge in [-0.2, -0.15) is 0 Å². The molecule has 1 atom stereocenters. The molecule has 14 heavy (non-hydrogen) atoms. The average Bonchev–Trinajstić information content (AvgIpc) is 2.15. The van der Waals surface area contributed by atoms with Crippen molar-refractivity contribution in [2.24, 2.45) is 5.73 Å². The van der Waals surface area contributed by atoms with Gasteiger partial charge in [-0.25, -0.2) is 0 Å². The predicted octanol–water partition coefficient (Wildman–Crippen LogP) is -0.634. The van der Waals surface area contributed by atoms with Crippen LogP contribution in [-0.4, -0.2) is 30.9 Å². The minimum absolute atomic E-state index is 0.105. The second-order valence-electron chi connectivity index (χ2n) is 3.09. The Morgan fingerprint density at radius 1 is 1.36 bits per heavy atom. The molecule has 0 aliphatic carbocycles. The lowest BCUT2D eigenvalue weighted by atomic mass is 10.2. The maximum atomic E-state index is 11.1. The number of nitrogens with one attached hydrogen (secondary N) is 2. The molecule has 0 saturated carbocycles. The Morgan fingerprint density at radius 3 is 2.43 bits per heavy atom. The van der Waals surface area contributed by atoms with Gasteiger partial charge >= 0.3 is 0 Å². The molecule has 0 saturated heterocycles. The largest absolute Gasteiger partial charge is 0.368 e. The minimum atomic E-state index is -0.421. The highest BCUT2D eigenvalue weighted by atomic mass is 16.2. The van der Waals surface area contributed by atoms with Crippen LogP contribution in [0.3, 0.4) is 0 Å². The molecule has 0 heterocycles. The first-order chi connectivity index (χ1) is 6.61. The summed E-state index contributed by atoms with van der Waals surface area (Å²) >= 11 is 0. The van der Waals surface area contributed by atoms with Gasteiger partial charge in [0.05, 0.1) is 12.6 Å². The smallest absolute Gasteiger partial charge is 0.234 e. The van der Waals surface area contributed by atoms with Crippen molar-refractivity contribution in [3.8, 4) is 0 Å². The zero-order valence-electron chi connectivity index (χ0n) is 8.80. The second kappa shape index (κ2) is 7.32. The predicted molar refractivity (Wildman–Crippen MR) is 54.6 cm³/mol. The summed E-state index contributed by atoms with van der Waals surface area (Å²) in [6.07, 6.45) is 1.50. The van der Waals surface area contributed by atoms with E-state index in [2.05, 4.69) is 10.6 Å². The number of hydrogen-bond donors (Lipinski definition) is 3. The van der Waals surface area contributed by atoms with Crippen LogP contribution in [0, 0.1) is 0 Å². The number of primary amides is 1. The summed E-state index contributed by atoms with van der Waals surface area (Å²) < 4.78 is 0. The summed E-state index contributed by atoms with van der Waals surface area (Å²) in [4.78, 5) is 21.9. The van der Waals surface area contributed by atoms with Crippen molar-refractivity contribution in [3.63, 3.8) is 0 Å². The number of nitrogens with two attached hydrogens (primary N) is 1. The van der Waals surface area contributed by atoms with Crippen LogP contribution < -0.4 is 16.4 Å². The maximum Gasteiger partial charge on any atom is 0.234 e. The van der Waals surface area contributed by atoms with Gasteiger partial charge in [-0.05, 0) is 12.8 Å². The Kier molecular flexibility index (Phi) is 6.74. The quantitative estimate of drug-likeness (QED) is 0.512. The summed E-state index contributed by atoms with van der Waals surface area (Å²) in [5.74, 6) is -0.526. The van der Waals surface area contributed by atoms with Crippen molar-refractivity contribution in [2.45, 2.75) is 32.7 Å². The topological polar surface area (TPSA) is 84.2 Å². The van der Waals surface area contributed by atoms with E-state index in [4.69, 9.17) is 5.73 Å². The molecule has 1 unspecified atom stereocenters. The molecule has 5 heteroatoms. The van der Waals surface area contributed by atoms with Gasteiger partial charge in [0.2, 0.25) is 11.8 Å². The lowest BCUT2D eigenvalue weighted by Gasteiger charge is -2.12. The molecular weight excluding hydrogens is 182 g/mol. The van der Waals surface area contributed by atoms with Gasteiger partial charge in [0.25, 0.3) is 0 Å². The zero-order chi connectivity index (χ0) is 11.0. The molecule has 0 aromatic heterocycles. The Morgan fingerprint density at radius 2 is 2.00 bits per heavy atom. The number of hydrogen-bond acceptors (Lipinski definition) is 3. The summed E-state index contributed by atoms with van der Waals surface area (Å²) in [5.41, 5.74) is 5.10. The van der Waals surface area contributed by atoms with E-state index >= 15 is 0 Å². The van der Waals surface area contributed by atoms with Crippen LogP contribution in [0.15, 0.2) is 0 Å². The standard InChI is InChI=1S/C9H19N3O2/c1-3-5-11-8(13)6-12-7(4-2)9(10)14/h7,12H,3-6H2,1-2H3,(H2,10,14)(H,11,13). The lowest BCUT2D eigenvalue weighted by Crippen LogP contribution is -2.45. The van der Waals surface area contributed by atoms with Crippen molar-refractivity contribution < 1.29 is 9.59 Å². The van der Waals surface area contributed by atoms with E-state index in [1.165, 1.54) is 0 Å². The molecule has 0 aromatic rings. The first-order valence-electron chi connectivity index (χ1n) is 4.91. The van der Waals surface area contributed by atoms with Crippen molar-refractivity contribution in [1.82, 2.24) is 10.6 Å². The summed E-state index contributed by atoms with van der Waals surface area (Å²) in [5, 5.41) is 5.49. The summed E-state index contributed by atoms with van der Waals surface area (Å²) in [7, 11) is 0. The van der Waals surface area contributed by atoms with Crippen LogP contribution in [0.1, 0.15) is 26.7 Å². The fraction of sp³-hybridized carbons (Fsp3) is 0.778. The Hall–Kier alpha value is -1.10. The second-order valence-corrected chi connectivity index (χ2v) is 3.09. The molecule has 5 nitrogen and oxygen atoms in total. The van der Waals surface area contributed by atoms with E-state index in [9.17, 15) is 9.59 Å². The third kappa shape index (κ3) is 5.53. The van der Waals surface area contributed by atoms with Crippen LogP contribution in [0.25, 0.3) is 0 Å². The van der Waals surface area contributed by atoms with Gasteiger partial charge in [0.15, 0.2) is 0 Å². The molecule has 0 fully saturated rings. The van der Waals surface area contributed by atoms with Gasteiger partial charge in [0.1, 0.15) is 0 Å². The monoisotopic (exact) mass is 201 g/mol. The normalized spacial score (nSPS) is 12.1. The first-order valence-corrected chi connectivity index (χ1v) is 4.91. The van der Waals surface area contributed by atoms with E-state index < -0.39 is 11.9 Å². The van der Waals surface area contributed by atoms with Crippen molar-refractivity contribution >= 4 is 11.8 Å².